The molecule has 1 aliphatic carbocycles. The van der Waals surface area contributed by atoms with Crippen molar-refractivity contribution in [2.75, 3.05) is 18.4 Å². The number of piperidine rings is 1. The van der Waals surface area contributed by atoms with E-state index in [4.69, 9.17) is 5.73 Å². The van der Waals surface area contributed by atoms with Crippen LogP contribution in [-0.2, 0) is 9.59 Å². The molecule has 1 saturated carbocycles. The molecule has 1 aromatic rings. The first kappa shape index (κ1) is 20.7. The molecular weight excluding hydrogens is 351 g/mol. The summed E-state index contributed by atoms with van der Waals surface area (Å²) in [6, 6.07) is 5.52. The average molecular weight is 375 g/mol. The van der Waals surface area contributed by atoms with Crippen LogP contribution >= 0.6 is 24.8 Å². The summed E-state index contributed by atoms with van der Waals surface area (Å²) in [6.07, 6.45) is 3.14. The standard InChI is InChI=1S/C16H22N4O2.2ClH/c1-11-4-2-6-13(18-11)19-14(21)12-5-3-9-20(10-12)15(22)16(17)7-8-16;;/h2,4,6,12H,3,5,7-10,17H2,1H3,(H,18,19,21);2*1H. The summed E-state index contributed by atoms with van der Waals surface area (Å²) in [4.78, 5) is 30.7. The summed E-state index contributed by atoms with van der Waals surface area (Å²) < 4.78 is 0. The number of halogens is 2. The molecule has 2 heterocycles. The maximum atomic E-state index is 12.4. The summed E-state index contributed by atoms with van der Waals surface area (Å²) in [5.41, 5.74) is 6.18. The van der Waals surface area contributed by atoms with Crippen molar-refractivity contribution in [1.29, 1.82) is 0 Å². The van der Waals surface area contributed by atoms with Crippen molar-refractivity contribution in [3.63, 3.8) is 0 Å². The largest absolute Gasteiger partial charge is 0.340 e. The van der Waals surface area contributed by atoms with Crippen molar-refractivity contribution >= 4 is 42.4 Å². The van der Waals surface area contributed by atoms with E-state index in [1.807, 2.05) is 19.1 Å². The van der Waals surface area contributed by atoms with Gasteiger partial charge in [0.2, 0.25) is 11.8 Å². The number of amides is 2. The molecule has 1 aliphatic heterocycles. The van der Waals surface area contributed by atoms with Crippen molar-refractivity contribution in [3.8, 4) is 0 Å². The summed E-state index contributed by atoms with van der Waals surface area (Å²) >= 11 is 0. The van der Waals surface area contributed by atoms with Gasteiger partial charge in [-0.1, -0.05) is 6.07 Å². The molecule has 2 amide bonds. The van der Waals surface area contributed by atoms with Gasteiger partial charge in [0.15, 0.2) is 0 Å². The Bertz CT molecular complexity index is 607. The molecule has 6 nitrogen and oxygen atoms in total. The van der Waals surface area contributed by atoms with Crippen LogP contribution in [0.1, 0.15) is 31.4 Å². The van der Waals surface area contributed by atoms with E-state index in [1.165, 1.54) is 0 Å². The Hall–Kier alpha value is -1.37. The van der Waals surface area contributed by atoms with Gasteiger partial charge in [-0.15, -0.1) is 24.8 Å². The molecule has 1 atom stereocenters. The predicted octanol–water partition coefficient (Wildman–Crippen LogP) is 1.90. The van der Waals surface area contributed by atoms with Crippen LogP contribution < -0.4 is 11.1 Å². The summed E-state index contributed by atoms with van der Waals surface area (Å²) in [7, 11) is 0. The Kier molecular flexibility index (Phi) is 7.01. The number of rotatable bonds is 3. The van der Waals surface area contributed by atoms with E-state index in [0.29, 0.717) is 18.9 Å². The van der Waals surface area contributed by atoms with Crippen LogP contribution in [0.2, 0.25) is 0 Å². The quantitative estimate of drug-likeness (QED) is 0.845. The van der Waals surface area contributed by atoms with Crippen LogP contribution in [0.4, 0.5) is 5.82 Å². The number of likely N-dealkylation sites (tertiary alicyclic amines) is 1. The third-order valence-electron chi connectivity index (χ3n) is 4.43. The lowest BCUT2D eigenvalue weighted by molar-refractivity contribution is -0.136. The van der Waals surface area contributed by atoms with Crippen molar-refractivity contribution in [2.45, 2.75) is 38.1 Å². The Morgan fingerprint density at radius 1 is 1.33 bits per heavy atom. The number of nitrogens with one attached hydrogen (secondary N) is 1. The third kappa shape index (κ3) is 4.59. The highest BCUT2D eigenvalue weighted by Crippen LogP contribution is 2.35. The molecular formula is C16H24Cl2N4O2. The molecule has 1 unspecified atom stereocenters. The SMILES string of the molecule is Cc1cccc(NC(=O)C2CCCN(C(=O)C3(N)CC3)C2)n1.Cl.Cl. The number of carbonyl (C=O) groups is 2. The van der Waals surface area contributed by atoms with Gasteiger partial charge in [-0.2, -0.15) is 0 Å². The van der Waals surface area contributed by atoms with Gasteiger partial charge in [-0.25, -0.2) is 4.98 Å². The van der Waals surface area contributed by atoms with Gasteiger partial charge in [-0.3, -0.25) is 9.59 Å². The average Bonchev–Trinajstić information content (AvgIpc) is 3.26. The molecule has 0 radical (unpaired) electrons. The molecule has 0 spiro atoms. The molecule has 3 N–H and O–H groups in total. The van der Waals surface area contributed by atoms with Gasteiger partial charge in [-0.05, 0) is 44.7 Å². The molecule has 24 heavy (non-hydrogen) atoms. The minimum Gasteiger partial charge on any atom is -0.340 e. The van der Waals surface area contributed by atoms with Gasteiger partial charge in [0.05, 0.1) is 11.5 Å². The Balaban J connectivity index is 0.00000144. The summed E-state index contributed by atoms with van der Waals surface area (Å²) in [5.74, 6) is 0.296. The van der Waals surface area contributed by atoms with E-state index in [0.717, 1.165) is 31.4 Å². The second-order valence-corrected chi connectivity index (χ2v) is 6.40. The minimum absolute atomic E-state index is 0. The Morgan fingerprint density at radius 3 is 2.67 bits per heavy atom. The summed E-state index contributed by atoms with van der Waals surface area (Å²) in [6.45, 7) is 3.03. The lowest BCUT2D eigenvalue weighted by atomic mass is 9.96. The van der Waals surface area contributed by atoms with E-state index in [-0.39, 0.29) is 42.5 Å². The number of carbonyl (C=O) groups excluding carboxylic acids is 2. The molecule has 0 aromatic carbocycles. The second kappa shape index (κ2) is 8.14. The molecule has 1 aromatic heterocycles. The van der Waals surface area contributed by atoms with Crippen molar-refractivity contribution in [2.24, 2.45) is 11.7 Å². The normalized spacial score (nSPS) is 21.1. The molecule has 134 valence electrons. The summed E-state index contributed by atoms with van der Waals surface area (Å²) in [5, 5.41) is 2.85. The molecule has 2 fully saturated rings. The lowest BCUT2D eigenvalue weighted by Gasteiger charge is -2.33. The number of nitrogens with zero attached hydrogens (tertiary/aromatic N) is 2. The maximum Gasteiger partial charge on any atom is 0.242 e. The van der Waals surface area contributed by atoms with Crippen LogP contribution in [0, 0.1) is 12.8 Å². The number of anilines is 1. The zero-order valence-electron chi connectivity index (χ0n) is 13.7. The zero-order valence-corrected chi connectivity index (χ0v) is 15.3. The van der Waals surface area contributed by atoms with Crippen molar-refractivity contribution < 1.29 is 9.59 Å². The molecule has 2 aliphatic rings. The molecule has 8 heteroatoms. The van der Waals surface area contributed by atoms with E-state index in [2.05, 4.69) is 10.3 Å². The fraction of sp³-hybridized carbons (Fsp3) is 0.562. The number of aryl methyl sites for hydroxylation is 1. The fourth-order valence-corrected chi connectivity index (χ4v) is 2.88. The molecule has 3 rings (SSSR count). The molecule has 1 saturated heterocycles. The highest BCUT2D eigenvalue weighted by atomic mass is 35.5. The van der Waals surface area contributed by atoms with Crippen molar-refractivity contribution in [3.05, 3.63) is 23.9 Å². The van der Waals surface area contributed by atoms with Gasteiger partial charge in [0, 0.05) is 18.8 Å². The van der Waals surface area contributed by atoms with Crippen LogP contribution in [0.25, 0.3) is 0 Å². The minimum atomic E-state index is -0.656. The molecule has 0 bridgehead atoms. The first-order chi connectivity index (χ1) is 10.5. The zero-order chi connectivity index (χ0) is 15.7. The van der Waals surface area contributed by atoms with E-state index >= 15 is 0 Å². The third-order valence-corrected chi connectivity index (χ3v) is 4.43. The van der Waals surface area contributed by atoms with Gasteiger partial charge < -0.3 is 16.0 Å². The van der Waals surface area contributed by atoms with E-state index < -0.39 is 5.54 Å². The van der Waals surface area contributed by atoms with Crippen molar-refractivity contribution in [1.82, 2.24) is 9.88 Å². The maximum absolute atomic E-state index is 12.4. The fourth-order valence-electron chi connectivity index (χ4n) is 2.88. The number of aromatic nitrogens is 1. The topological polar surface area (TPSA) is 88.3 Å². The van der Waals surface area contributed by atoms with E-state index in [9.17, 15) is 9.59 Å². The monoisotopic (exact) mass is 374 g/mol. The Morgan fingerprint density at radius 2 is 2.04 bits per heavy atom. The van der Waals surface area contributed by atoms with Crippen LogP contribution in [0.15, 0.2) is 18.2 Å². The van der Waals surface area contributed by atoms with Crippen LogP contribution in [0.3, 0.4) is 0 Å². The number of nitrogens with two attached hydrogens (primary N) is 1. The Labute approximate surface area is 154 Å². The first-order valence-corrected chi connectivity index (χ1v) is 7.81. The number of pyridine rings is 1. The predicted molar refractivity (Wildman–Crippen MR) is 97.6 cm³/mol. The van der Waals surface area contributed by atoms with Gasteiger partial charge in [0.1, 0.15) is 5.82 Å². The second-order valence-electron chi connectivity index (χ2n) is 6.40. The number of hydrogen-bond acceptors (Lipinski definition) is 4. The lowest BCUT2D eigenvalue weighted by Crippen LogP contribution is -2.51. The number of hydrogen-bond donors (Lipinski definition) is 2. The van der Waals surface area contributed by atoms with Gasteiger partial charge in [0.25, 0.3) is 0 Å². The van der Waals surface area contributed by atoms with Crippen LogP contribution in [0.5, 0.6) is 0 Å². The van der Waals surface area contributed by atoms with Gasteiger partial charge >= 0.3 is 0 Å². The van der Waals surface area contributed by atoms with E-state index in [1.54, 1.807) is 11.0 Å². The first-order valence-electron chi connectivity index (χ1n) is 7.81. The smallest absolute Gasteiger partial charge is 0.242 e. The highest BCUT2D eigenvalue weighted by molar-refractivity contribution is 5.93. The van der Waals surface area contributed by atoms with Crippen LogP contribution in [-0.4, -0.2) is 40.3 Å². The highest BCUT2D eigenvalue weighted by Gasteiger charge is 2.49.